The van der Waals surface area contributed by atoms with E-state index in [1.165, 1.54) is 13.8 Å². The summed E-state index contributed by atoms with van der Waals surface area (Å²) >= 11 is 0. The molecule has 3 saturated carbocycles. The van der Waals surface area contributed by atoms with E-state index in [9.17, 15) is 22.8 Å². The number of carbonyl (C=O) groups is 2. The third-order valence-corrected chi connectivity index (χ3v) is 10.0. The minimum Gasteiger partial charge on any atom is -0.350 e. The second-order valence-electron chi connectivity index (χ2n) is 11.9. The van der Waals surface area contributed by atoms with Crippen molar-refractivity contribution >= 4 is 11.8 Å². The summed E-state index contributed by atoms with van der Waals surface area (Å²) in [5.74, 6) is -0.777. The standard InChI is InChI=1S/C25H37F3N2O2/c1-14(25(26,27)28)22(2,3)30-21(32)18-8-7-16-15-6-9-19-24(5,13-11-20(31)29-19)17(15)10-12-23(16,18)4/h11,13-19H,6-10,12H2,1-5H3,(H,29,31)(H,30,32)/t14?,15-,16-,17+,18?,19?,23-,24+/m0/s1. The van der Waals surface area contributed by atoms with Crippen molar-refractivity contribution in [1.82, 2.24) is 10.6 Å². The number of rotatable bonds is 3. The predicted octanol–water partition coefficient (Wildman–Crippen LogP) is 4.99. The molecule has 8 atom stereocenters. The molecule has 2 amide bonds. The van der Waals surface area contributed by atoms with Crippen LogP contribution in [0.2, 0.25) is 0 Å². The number of amides is 2. The summed E-state index contributed by atoms with van der Waals surface area (Å²) in [6.07, 6.45) is 4.96. The molecule has 0 aromatic carbocycles. The van der Waals surface area contributed by atoms with Crippen molar-refractivity contribution in [2.45, 2.75) is 90.9 Å². The summed E-state index contributed by atoms with van der Waals surface area (Å²) in [4.78, 5) is 25.2. The minimum atomic E-state index is -4.35. The quantitative estimate of drug-likeness (QED) is 0.631. The van der Waals surface area contributed by atoms with Crippen LogP contribution in [0.25, 0.3) is 0 Å². The first kappa shape index (κ1) is 23.6. The fraction of sp³-hybridized carbons (Fsp3) is 0.840. The van der Waals surface area contributed by atoms with Gasteiger partial charge < -0.3 is 10.6 Å². The maximum atomic E-state index is 13.3. The van der Waals surface area contributed by atoms with Crippen LogP contribution in [-0.4, -0.2) is 29.6 Å². The van der Waals surface area contributed by atoms with Crippen LogP contribution in [0.15, 0.2) is 12.2 Å². The molecule has 180 valence electrons. The van der Waals surface area contributed by atoms with Gasteiger partial charge in [0.15, 0.2) is 0 Å². The average molecular weight is 455 g/mol. The van der Waals surface area contributed by atoms with Gasteiger partial charge in [-0.2, -0.15) is 13.2 Å². The number of nitrogens with one attached hydrogen (secondary N) is 2. The molecule has 0 aromatic rings. The highest BCUT2D eigenvalue weighted by atomic mass is 19.4. The van der Waals surface area contributed by atoms with Gasteiger partial charge in [-0.15, -0.1) is 0 Å². The average Bonchev–Trinajstić information content (AvgIpc) is 3.04. The molecular formula is C25H37F3N2O2. The summed E-state index contributed by atoms with van der Waals surface area (Å²) in [6.45, 7) is 8.53. The number of fused-ring (bicyclic) bond motifs is 5. The van der Waals surface area contributed by atoms with Gasteiger partial charge in [-0.3, -0.25) is 9.59 Å². The Bertz CT molecular complexity index is 822. The summed E-state index contributed by atoms with van der Waals surface area (Å²) in [7, 11) is 0. The van der Waals surface area contributed by atoms with Crippen LogP contribution < -0.4 is 10.6 Å². The van der Waals surface area contributed by atoms with Gasteiger partial charge in [0.05, 0.1) is 5.92 Å². The van der Waals surface area contributed by atoms with Gasteiger partial charge in [-0.1, -0.05) is 26.8 Å². The zero-order chi connectivity index (χ0) is 23.7. The Labute approximate surface area is 189 Å². The summed E-state index contributed by atoms with van der Waals surface area (Å²) < 4.78 is 39.9. The van der Waals surface area contributed by atoms with Gasteiger partial charge in [-0.25, -0.2) is 0 Å². The first-order chi connectivity index (χ1) is 14.7. The number of hydrogen-bond donors (Lipinski definition) is 2. The Hall–Kier alpha value is -1.53. The van der Waals surface area contributed by atoms with Crippen LogP contribution in [0.5, 0.6) is 0 Å². The van der Waals surface area contributed by atoms with Gasteiger partial charge in [-0.05, 0) is 81.6 Å². The second kappa shape index (κ2) is 7.49. The molecule has 3 unspecified atom stereocenters. The van der Waals surface area contributed by atoms with Crippen molar-refractivity contribution in [2.24, 2.45) is 40.4 Å². The molecule has 7 heteroatoms. The first-order valence-electron chi connectivity index (χ1n) is 12.1. The van der Waals surface area contributed by atoms with Crippen LogP contribution in [0.3, 0.4) is 0 Å². The molecule has 3 fully saturated rings. The maximum absolute atomic E-state index is 13.3. The lowest BCUT2D eigenvalue weighted by Gasteiger charge is -2.58. The molecular weight excluding hydrogens is 417 g/mol. The summed E-state index contributed by atoms with van der Waals surface area (Å²) in [6, 6.07) is 0.163. The number of carbonyl (C=O) groups excluding carboxylic acids is 2. The molecule has 4 rings (SSSR count). The Morgan fingerprint density at radius 2 is 1.81 bits per heavy atom. The summed E-state index contributed by atoms with van der Waals surface area (Å²) in [5, 5.41) is 5.93. The first-order valence-corrected chi connectivity index (χ1v) is 12.1. The van der Waals surface area contributed by atoms with Crippen molar-refractivity contribution in [3.05, 3.63) is 12.2 Å². The molecule has 1 aliphatic heterocycles. The molecule has 2 N–H and O–H groups in total. The third kappa shape index (κ3) is 3.58. The Balaban J connectivity index is 1.53. The van der Waals surface area contributed by atoms with Crippen LogP contribution >= 0.6 is 0 Å². The van der Waals surface area contributed by atoms with E-state index < -0.39 is 17.6 Å². The molecule has 0 aromatic heterocycles. The highest BCUT2D eigenvalue weighted by molar-refractivity contribution is 5.89. The van der Waals surface area contributed by atoms with Gasteiger partial charge in [0.25, 0.3) is 0 Å². The van der Waals surface area contributed by atoms with Crippen LogP contribution in [0.1, 0.15) is 73.1 Å². The fourth-order valence-electron chi connectivity index (χ4n) is 7.69. The van der Waals surface area contributed by atoms with E-state index in [0.29, 0.717) is 17.8 Å². The maximum Gasteiger partial charge on any atom is 0.393 e. The second-order valence-corrected chi connectivity index (χ2v) is 11.9. The van der Waals surface area contributed by atoms with E-state index in [4.69, 9.17) is 0 Å². The van der Waals surface area contributed by atoms with Crippen molar-refractivity contribution in [3.63, 3.8) is 0 Å². The summed E-state index contributed by atoms with van der Waals surface area (Å²) in [5.41, 5.74) is -1.60. The number of alkyl halides is 3. The van der Waals surface area contributed by atoms with Crippen molar-refractivity contribution in [2.75, 3.05) is 0 Å². The highest BCUT2D eigenvalue weighted by Crippen LogP contribution is 2.65. The van der Waals surface area contributed by atoms with E-state index in [-0.39, 0.29) is 34.6 Å². The lowest BCUT2D eigenvalue weighted by Crippen LogP contribution is -2.60. The molecule has 0 bridgehead atoms. The minimum absolute atomic E-state index is 0.0140. The van der Waals surface area contributed by atoms with Crippen LogP contribution in [-0.2, 0) is 9.59 Å². The smallest absolute Gasteiger partial charge is 0.350 e. The number of halogens is 3. The lowest BCUT2D eigenvalue weighted by atomic mass is 9.48. The Morgan fingerprint density at radius 3 is 2.47 bits per heavy atom. The molecule has 0 saturated heterocycles. The van der Waals surface area contributed by atoms with Gasteiger partial charge >= 0.3 is 6.18 Å². The topological polar surface area (TPSA) is 58.2 Å². The van der Waals surface area contributed by atoms with Crippen molar-refractivity contribution in [3.8, 4) is 0 Å². The Kier molecular flexibility index (Phi) is 5.53. The van der Waals surface area contributed by atoms with Gasteiger partial charge in [0.2, 0.25) is 11.8 Å². The van der Waals surface area contributed by atoms with Crippen molar-refractivity contribution < 1.29 is 22.8 Å². The lowest BCUT2D eigenvalue weighted by molar-refractivity contribution is -0.188. The zero-order valence-electron chi connectivity index (χ0n) is 19.8. The molecule has 3 aliphatic carbocycles. The molecule has 0 spiro atoms. The van der Waals surface area contributed by atoms with Gasteiger partial charge in [0, 0.05) is 22.9 Å². The largest absolute Gasteiger partial charge is 0.393 e. The van der Waals surface area contributed by atoms with Crippen LogP contribution in [0.4, 0.5) is 13.2 Å². The third-order valence-electron chi connectivity index (χ3n) is 10.0. The molecule has 4 aliphatic rings. The van der Waals surface area contributed by atoms with E-state index in [1.54, 1.807) is 6.08 Å². The van der Waals surface area contributed by atoms with E-state index >= 15 is 0 Å². The SMILES string of the molecule is CC(C(F)(F)F)C(C)(C)NC(=O)C1CC[C@H]2[C@@H]3CCC4NC(=O)C=C[C@]4(C)[C@@H]3CC[C@]12C. The van der Waals surface area contributed by atoms with Crippen LogP contribution in [0, 0.1) is 40.4 Å². The van der Waals surface area contributed by atoms with E-state index in [1.807, 2.05) is 0 Å². The van der Waals surface area contributed by atoms with E-state index in [0.717, 1.165) is 45.4 Å². The number of hydrogen-bond acceptors (Lipinski definition) is 2. The molecule has 0 radical (unpaired) electrons. The molecule has 4 nitrogen and oxygen atoms in total. The molecule has 1 heterocycles. The Morgan fingerprint density at radius 1 is 1.12 bits per heavy atom. The monoisotopic (exact) mass is 454 g/mol. The fourth-order valence-corrected chi connectivity index (χ4v) is 7.69. The zero-order valence-corrected chi connectivity index (χ0v) is 19.8. The van der Waals surface area contributed by atoms with Crippen molar-refractivity contribution in [1.29, 1.82) is 0 Å². The van der Waals surface area contributed by atoms with E-state index in [2.05, 4.69) is 30.6 Å². The highest BCUT2D eigenvalue weighted by Gasteiger charge is 2.61. The molecule has 32 heavy (non-hydrogen) atoms. The normalized spacial score (nSPS) is 42.4. The predicted molar refractivity (Wildman–Crippen MR) is 116 cm³/mol. The van der Waals surface area contributed by atoms with Gasteiger partial charge in [0.1, 0.15) is 0 Å².